The summed E-state index contributed by atoms with van der Waals surface area (Å²) in [6, 6.07) is 6.63. The monoisotopic (exact) mass is 320 g/mol. The highest BCUT2D eigenvalue weighted by molar-refractivity contribution is 7.86. The predicted molar refractivity (Wildman–Crippen MR) is 78.7 cm³/mol. The van der Waals surface area contributed by atoms with Gasteiger partial charge >= 0.3 is 0 Å². The SMILES string of the molecule is Cl.Nc1ccc(C(=O)N2CCN(S(N)(=O)=O)CC2)cc1. The Hall–Kier alpha value is -1.35. The van der Waals surface area contributed by atoms with Crippen molar-refractivity contribution in [3.63, 3.8) is 0 Å². The second-order valence-corrected chi connectivity index (χ2v) is 5.90. The summed E-state index contributed by atoms with van der Waals surface area (Å²) in [5.41, 5.74) is 6.69. The molecule has 7 nitrogen and oxygen atoms in total. The normalized spacial score (nSPS) is 16.6. The number of piperazine rings is 1. The number of hydrogen-bond acceptors (Lipinski definition) is 4. The summed E-state index contributed by atoms with van der Waals surface area (Å²) in [5.74, 6) is -0.130. The van der Waals surface area contributed by atoms with Gasteiger partial charge in [-0.3, -0.25) is 4.79 Å². The topological polar surface area (TPSA) is 110 Å². The Morgan fingerprint density at radius 3 is 2.00 bits per heavy atom. The molecule has 9 heteroatoms. The van der Waals surface area contributed by atoms with Gasteiger partial charge in [-0.1, -0.05) is 0 Å². The molecule has 1 heterocycles. The van der Waals surface area contributed by atoms with E-state index >= 15 is 0 Å². The molecule has 0 spiro atoms. The van der Waals surface area contributed by atoms with E-state index in [0.717, 1.165) is 0 Å². The van der Waals surface area contributed by atoms with Crippen LogP contribution < -0.4 is 10.9 Å². The lowest BCUT2D eigenvalue weighted by Crippen LogP contribution is -2.52. The molecular formula is C11H17ClN4O3S. The van der Waals surface area contributed by atoms with E-state index in [0.29, 0.717) is 24.3 Å². The number of rotatable bonds is 2. The molecule has 0 aliphatic carbocycles. The first-order valence-electron chi connectivity index (χ1n) is 5.80. The number of nitrogens with zero attached hydrogens (tertiary/aromatic N) is 2. The number of halogens is 1. The van der Waals surface area contributed by atoms with Crippen molar-refractivity contribution in [3.05, 3.63) is 29.8 Å². The van der Waals surface area contributed by atoms with E-state index in [1.807, 2.05) is 0 Å². The van der Waals surface area contributed by atoms with Crippen LogP contribution in [0, 0.1) is 0 Å². The van der Waals surface area contributed by atoms with Crippen molar-refractivity contribution in [1.29, 1.82) is 0 Å². The highest BCUT2D eigenvalue weighted by Crippen LogP contribution is 2.11. The van der Waals surface area contributed by atoms with Gasteiger partial charge in [0.2, 0.25) is 0 Å². The van der Waals surface area contributed by atoms with Crippen LogP contribution in [0.15, 0.2) is 24.3 Å². The third-order valence-electron chi connectivity index (χ3n) is 3.04. The molecule has 1 aliphatic heterocycles. The van der Waals surface area contributed by atoms with E-state index in [2.05, 4.69) is 0 Å². The lowest BCUT2D eigenvalue weighted by molar-refractivity contribution is 0.0698. The van der Waals surface area contributed by atoms with Crippen molar-refractivity contribution in [2.45, 2.75) is 0 Å². The predicted octanol–water partition coefficient (Wildman–Crippen LogP) is -0.348. The number of nitrogens with two attached hydrogens (primary N) is 2. The Labute approximate surface area is 124 Å². The number of anilines is 1. The number of hydrogen-bond donors (Lipinski definition) is 2. The Bertz CT molecular complexity index is 568. The maximum Gasteiger partial charge on any atom is 0.277 e. The summed E-state index contributed by atoms with van der Waals surface area (Å²) >= 11 is 0. The minimum Gasteiger partial charge on any atom is -0.399 e. The van der Waals surface area contributed by atoms with Gasteiger partial charge in [-0.15, -0.1) is 12.4 Å². The van der Waals surface area contributed by atoms with Gasteiger partial charge in [-0.25, -0.2) is 5.14 Å². The van der Waals surface area contributed by atoms with E-state index in [1.165, 1.54) is 4.31 Å². The van der Waals surface area contributed by atoms with E-state index in [4.69, 9.17) is 10.9 Å². The lowest BCUT2D eigenvalue weighted by atomic mass is 10.1. The molecule has 0 atom stereocenters. The smallest absolute Gasteiger partial charge is 0.277 e. The molecule has 0 radical (unpaired) electrons. The zero-order valence-electron chi connectivity index (χ0n) is 10.7. The number of carbonyl (C=O) groups excluding carboxylic acids is 1. The molecule has 0 unspecified atom stereocenters. The van der Waals surface area contributed by atoms with Gasteiger partial charge in [0, 0.05) is 37.4 Å². The lowest BCUT2D eigenvalue weighted by Gasteiger charge is -2.32. The first-order chi connectivity index (χ1) is 8.88. The van der Waals surface area contributed by atoms with Crippen LogP contribution in [0.4, 0.5) is 5.69 Å². The fourth-order valence-corrected chi connectivity index (χ4v) is 2.63. The summed E-state index contributed by atoms with van der Waals surface area (Å²) < 4.78 is 23.5. The molecule has 1 saturated heterocycles. The van der Waals surface area contributed by atoms with Gasteiger partial charge in [-0.2, -0.15) is 12.7 Å². The zero-order valence-corrected chi connectivity index (χ0v) is 12.4. The summed E-state index contributed by atoms with van der Waals surface area (Å²) in [6.45, 7) is 1.11. The molecule has 1 aliphatic rings. The van der Waals surface area contributed by atoms with Gasteiger partial charge in [0.1, 0.15) is 0 Å². The first-order valence-corrected chi connectivity index (χ1v) is 7.31. The van der Waals surface area contributed by atoms with Crippen LogP contribution in [0.1, 0.15) is 10.4 Å². The molecule has 4 N–H and O–H groups in total. The van der Waals surface area contributed by atoms with Gasteiger partial charge in [0.05, 0.1) is 0 Å². The van der Waals surface area contributed by atoms with Gasteiger partial charge in [-0.05, 0) is 24.3 Å². The number of benzene rings is 1. The third-order valence-corrected chi connectivity index (χ3v) is 4.13. The fraction of sp³-hybridized carbons (Fsp3) is 0.364. The van der Waals surface area contributed by atoms with Crippen LogP contribution in [-0.4, -0.2) is 49.7 Å². The van der Waals surface area contributed by atoms with Crippen molar-refractivity contribution in [3.8, 4) is 0 Å². The van der Waals surface area contributed by atoms with E-state index < -0.39 is 10.2 Å². The minimum atomic E-state index is -3.67. The Morgan fingerprint density at radius 2 is 1.55 bits per heavy atom. The number of carbonyl (C=O) groups is 1. The van der Waals surface area contributed by atoms with Crippen molar-refractivity contribution >= 4 is 34.2 Å². The highest BCUT2D eigenvalue weighted by Gasteiger charge is 2.26. The van der Waals surface area contributed by atoms with E-state index in [1.54, 1.807) is 29.2 Å². The maximum absolute atomic E-state index is 12.2. The molecule has 1 aromatic carbocycles. The van der Waals surface area contributed by atoms with Crippen LogP contribution in [0.2, 0.25) is 0 Å². The fourth-order valence-electron chi connectivity index (χ4n) is 1.95. The van der Waals surface area contributed by atoms with Crippen LogP contribution in [0.25, 0.3) is 0 Å². The largest absolute Gasteiger partial charge is 0.399 e. The Morgan fingerprint density at radius 1 is 1.05 bits per heavy atom. The molecular weight excluding hydrogens is 304 g/mol. The molecule has 1 amide bonds. The van der Waals surface area contributed by atoms with Gasteiger partial charge in [0.15, 0.2) is 0 Å². The molecule has 0 bridgehead atoms. The Kier molecular flexibility index (Phi) is 5.35. The van der Waals surface area contributed by atoms with Crippen LogP contribution >= 0.6 is 12.4 Å². The third kappa shape index (κ3) is 3.83. The summed E-state index contributed by atoms with van der Waals surface area (Å²) in [7, 11) is -3.67. The molecule has 2 rings (SSSR count). The van der Waals surface area contributed by atoms with Crippen molar-refractivity contribution in [2.24, 2.45) is 5.14 Å². The minimum absolute atomic E-state index is 0. The van der Waals surface area contributed by atoms with Gasteiger partial charge in [0.25, 0.3) is 16.1 Å². The molecule has 112 valence electrons. The zero-order chi connectivity index (χ0) is 14.0. The summed E-state index contributed by atoms with van der Waals surface area (Å²) in [6.07, 6.45) is 0. The van der Waals surface area contributed by atoms with E-state index in [9.17, 15) is 13.2 Å². The van der Waals surface area contributed by atoms with Crippen molar-refractivity contribution in [2.75, 3.05) is 31.9 Å². The average molecular weight is 321 g/mol. The molecule has 0 saturated carbocycles. The molecule has 1 fully saturated rings. The second kappa shape index (κ2) is 6.40. The molecule has 0 aromatic heterocycles. The highest BCUT2D eigenvalue weighted by atomic mass is 35.5. The average Bonchev–Trinajstić information content (AvgIpc) is 2.38. The second-order valence-electron chi connectivity index (χ2n) is 4.36. The summed E-state index contributed by atoms with van der Waals surface area (Å²) in [4.78, 5) is 13.8. The summed E-state index contributed by atoms with van der Waals surface area (Å²) in [5, 5.41) is 5.04. The molecule has 20 heavy (non-hydrogen) atoms. The van der Waals surface area contributed by atoms with Gasteiger partial charge < -0.3 is 10.6 Å². The van der Waals surface area contributed by atoms with Crippen molar-refractivity contribution < 1.29 is 13.2 Å². The standard InChI is InChI=1S/C11H16N4O3S.ClH/c12-10-3-1-9(2-4-10)11(16)14-5-7-15(8-6-14)19(13,17)18;/h1-4H,5-8,12H2,(H2,13,17,18);1H. The van der Waals surface area contributed by atoms with Crippen molar-refractivity contribution in [1.82, 2.24) is 9.21 Å². The quantitative estimate of drug-likeness (QED) is 0.726. The van der Waals surface area contributed by atoms with E-state index in [-0.39, 0.29) is 31.4 Å². The molecule has 1 aromatic rings. The number of nitrogen functional groups attached to an aromatic ring is 1. The van der Waals surface area contributed by atoms with Crippen LogP contribution in [0.3, 0.4) is 0 Å². The maximum atomic E-state index is 12.2. The van der Waals surface area contributed by atoms with Crippen LogP contribution in [-0.2, 0) is 10.2 Å². The Balaban J connectivity index is 0.00000200. The first kappa shape index (κ1) is 16.7. The van der Waals surface area contributed by atoms with Crippen LogP contribution in [0.5, 0.6) is 0 Å². The number of amides is 1.